The summed E-state index contributed by atoms with van der Waals surface area (Å²) in [6.07, 6.45) is 1.72. The highest BCUT2D eigenvalue weighted by Gasteiger charge is 2.25. The van der Waals surface area contributed by atoms with Crippen LogP contribution in [0.4, 0.5) is 10.5 Å². The first-order valence-corrected chi connectivity index (χ1v) is 6.93. The number of benzene rings is 1. The molecule has 114 valence electrons. The van der Waals surface area contributed by atoms with Gasteiger partial charge in [-0.05, 0) is 24.3 Å². The molecule has 3 rings (SSSR count). The largest absolute Gasteiger partial charge is 0.497 e. The van der Waals surface area contributed by atoms with Gasteiger partial charge in [0.25, 0.3) is 0 Å². The minimum absolute atomic E-state index is 0.140. The molecule has 0 saturated heterocycles. The molecule has 2 heterocycles. The molecule has 0 unspecified atom stereocenters. The number of hydrogen-bond donors (Lipinski definition) is 1. The van der Waals surface area contributed by atoms with E-state index in [0.29, 0.717) is 24.6 Å². The Morgan fingerprint density at radius 3 is 2.91 bits per heavy atom. The first kappa shape index (κ1) is 14.2. The molecule has 6 nitrogen and oxygen atoms in total. The van der Waals surface area contributed by atoms with Gasteiger partial charge in [0, 0.05) is 17.8 Å². The third-order valence-electron chi connectivity index (χ3n) is 3.63. The molecule has 2 amide bonds. The van der Waals surface area contributed by atoms with Gasteiger partial charge in [-0.2, -0.15) is 0 Å². The fourth-order valence-corrected chi connectivity index (χ4v) is 2.49. The Bertz CT molecular complexity index is 703. The van der Waals surface area contributed by atoms with Crippen molar-refractivity contribution < 1.29 is 14.3 Å². The average Bonchev–Trinajstić information content (AvgIpc) is 2.57. The maximum absolute atomic E-state index is 12.2. The zero-order valence-electron chi connectivity index (χ0n) is 12.5. The van der Waals surface area contributed by atoms with Crippen LogP contribution in [-0.4, -0.2) is 25.2 Å². The Morgan fingerprint density at radius 1 is 1.27 bits per heavy atom. The standard InChI is InChI=1S/C16H17N3O3/c1-21-12-6-5-11(15(8-12)22-2)10-19-14-4-3-7-17-13(14)9-18-16(19)20/h3-8H,9-10H2,1-2H3,(H,18,20). The molecule has 0 spiro atoms. The minimum Gasteiger partial charge on any atom is -0.497 e. The summed E-state index contributed by atoms with van der Waals surface area (Å²) < 4.78 is 10.6. The Hall–Kier alpha value is -2.76. The zero-order chi connectivity index (χ0) is 15.5. The summed E-state index contributed by atoms with van der Waals surface area (Å²) in [5.41, 5.74) is 2.58. The Balaban J connectivity index is 1.94. The van der Waals surface area contributed by atoms with E-state index in [4.69, 9.17) is 9.47 Å². The number of methoxy groups -OCH3 is 2. The molecule has 6 heteroatoms. The van der Waals surface area contributed by atoms with Crippen LogP contribution < -0.4 is 19.7 Å². The van der Waals surface area contributed by atoms with Crippen LogP contribution in [0.15, 0.2) is 36.5 Å². The fraction of sp³-hybridized carbons (Fsp3) is 0.250. The number of hydrogen-bond acceptors (Lipinski definition) is 4. The second kappa shape index (κ2) is 5.93. The number of carbonyl (C=O) groups excluding carboxylic acids is 1. The Labute approximate surface area is 128 Å². The lowest BCUT2D eigenvalue weighted by Crippen LogP contribution is -2.44. The van der Waals surface area contributed by atoms with Crippen molar-refractivity contribution >= 4 is 11.7 Å². The van der Waals surface area contributed by atoms with E-state index in [2.05, 4.69) is 10.3 Å². The van der Waals surface area contributed by atoms with Gasteiger partial charge in [0.2, 0.25) is 0 Å². The van der Waals surface area contributed by atoms with Crippen LogP contribution in [0.3, 0.4) is 0 Å². The molecule has 1 aromatic carbocycles. The van der Waals surface area contributed by atoms with E-state index < -0.39 is 0 Å². The third-order valence-corrected chi connectivity index (χ3v) is 3.63. The molecule has 1 N–H and O–H groups in total. The van der Waals surface area contributed by atoms with Gasteiger partial charge in [-0.3, -0.25) is 9.88 Å². The first-order chi connectivity index (χ1) is 10.7. The highest BCUT2D eigenvalue weighted by atomic mass is 16.5. The quantitative estimate of drug-likeness (QED) is 0.941. The summed E-state index contributed by atoms with van der Waals surface area (Å²) in [6, 6.07) is 9.14. The minimum atomic E-state index is -0.140. The van der Waals surface area contributed by atoms with Crippen molar-refractivity contribution in [2.45, 2.75) is 13.1 Å². The van der Waals surface area contributed by atoms with Crippen molar-refractivity contribution in [1.82, 2.24) is 10.3 Å². The normalized spacial score (nSPS) is 13.4. The predicted octanol–water partition coefficient (Wildman–Crippen LogP) is 2.33. The molecule has 2 aromatic rings. The van der Waals surface area contributed by atoms with Crippen LogP contribution in [-0.2, 0) is 13.1 Å². The fourth-order valence-electron chi connectivity index (χ4n) is 2.49. The predicted molar refractivity (Wildman–Crippen MR) is 82.2 cm³/mol. The Morgan fingerprint density at radius 2 is 2.14 bits per heavy atom. The lowest BCUT2D eigenvalue weighted by Gasteiger charge is -2.29. The second-order valence-electron chi connectivity index (χ2n) is 4.89. The number of carbonyl (C=O) groups is 1. The molecule has 1 aliphatic rings. The molecule has 0 saturated carbocycles. The van der Waals surface area contributed by atoms with Crippen LogP contribution >= 0.6 is 0 Å². The number of ether oxygens (including phenoxy) is 2. The number of anilines is 1. The van der Waals surface area contributed by atoms with Crippen LogP contribution in [0.2, 0.25) is 0 Å². The maximum atomic E-state index is 12.2. The SMILES string of the molecule is COc1ccc(CN2C(=O)NCc3ncccc32)c(OC)c1. The zero-order valence-corrected chi connectivity index (χ0v) is 12.5. The van der Waals surface area contributed by atoms with E-state index in [9.17, 15) is 4.79 Å². The molecular formula is C16H17N3O3. The van der Waals surface area contributed by atoms with E-state index in [1.165, 1.54) is 0 Å². The summed E-state index contributed by atoms with van der Waals surface area (Å²) in [5.74, 6) is 1.40. The molecule has 22 heavy (non-hydrogen) atoms. The summed E-state index contributed by atoms with van der Waals surface area (Å²) in [4.78, 5) is 18.2. The smallest absolute Gasteiger partial charge is 0.322 e. The molecule has 0 aliphatic carbocycles. The van der Waals surface area contributed by atoms with Crippen molar-refractivity contribution in [3.8, 4) is 11.5 Å². The number of urea groups is 1. The van der Waals surface area contributed by atoms with E-state index in [1.54, 1.807) is 31.4 Å². The van der Waals surface area contributed by atoms with Crippen LogP contribution in [0, 0.1) is 0 Å². The average molecular weight is 299 g/mol. The van der Waals surface area contributed by atoms with Crippen molar-refractivity contribution in [2.75, 3.05) is 19.1 Å². The van der Waals surface area contributed by atoms with Crippen LogP contribution in [0.1, 0.15) is 11.3 Å². The van der Waals surface area contributed by atoms with Gasteiger partial charge in [0.15, 0.2) is 0 Å². The summed E-state index contributed by atoms with van der Waals surface area (Å²) >= 11 is 0. The number of rotatable bonds is 4. The molecule has 0 fully saturated rings. The van der Waals surface area contributed by atoms with Gasteiger partial charge in [0.1, 0.15) is 11.5 Å². The molecule has 0 radical (unpaired) electrons. The number of fused-ring (bicyclic) bond motifs is 1. The van der Waals surface area contributed by atoms with E-state index in [-0.39, 0.29) is 6.03 Å². The molecule has 0 atom stereocenters. The van der Waals surface area contributed by atoms with Crippen molar-refractivity contribution in [3.05, 3.63) is 47.8 Å². The number of pyridine rings is 1. The number of amides is 2. The highest BCUT2D eigenvalue weighted by molar-refractivity contribution is 5.94. The summed E-state index contributed by atoms with van der Waals surface area (Å²) in [7, 11) is 3.21. The van der Waals surface area contributed by atoms with Crippen molar-refractivity contribution in [3.63, 3.8) is 0 Å². The van der Waals surface area contributed by atoms with Crippen LogP contribution in [0.5, 0.6) is 11.5 Å². The lowest BCUT2D eigenvalue weighted by molar-refractivity contribution is 0.244. The van der Waals surface area contributed by atoms with Crippen LogP contribution in [0.25, 0.3) is 0 Å². The van der Waals surface area contributed by atoms with Gasteiger partial charge in [-0.1, -0.05) is 0 Å². The second-order valence-corrected chi connectivity index (χ2v) is 4.89. The molecule has 0 bridgehead atoms. The summed E-state index contributed by atoms with van der Waals surface area (Å²) in [6.45, 7) is 0.850. The number of nitrogens with zero attached hydrogens (tertiary/aromatic N) is 2. The molecular weight excluding hydrogens is 282 g/mol. The third kappa shape index (κ3) is 2.55. The van der Waals surface area contributed by atoms with Gasteiger partial charge >= 0.3 is 6.03 Å². The number of nitrogens with one attached hydrogen (secondary N) is 1. The molecule has 1 aromatic heterocycles. The molecule has 1 aliphatic heterocycles. The summed E-state index contributed by atoms with van der Waals surface area (Å²) in [5, 5.41) is 2.83. The monoisotopic (exact) mass is 299 g/mol. The number of aromatic nitrogens is 1. The van der Waals surface area contributed by atoms with Gasteiger partial charge in [-0.25, -0.2) is 4.79 Å². The van der Waals surface area contributed by atoms with Gasteiger partial charge < -0.3 is 14.8 Å². The lowest BCUT2D eigenvalue weighted by atomic mass is 10.1. The van der Waals surface area contributed by atoms with Crippen molar-refractivity contribution in [1.29, 1.82) is 0 Å². The maximum Gasteiger partial charge on any atom is 0.322 e. The van der Waals surface area contributed by atoms with Gasteiger partial charge in [-0.15, -0.1) is 0 Å². The Kier molecular flexibility index (Phi) is 3.82. The van der Waals surface area contributed by atoms with Gasteiger partial charge in [0.05, 0.1) is 38.7 Å². The van der Waals surface area contributed by atoms with E-state index >= 15 is 0 Å². The van der Waals surface area contributed by atoms with E-state index in [0.717, 1.165) is 16.9 Å². The topological polar surface area (TPSA) is 63.7 Å². The highest BCUT2D eigenvalue weighted by Crippen LogP contribution is 2.29. The van der Waals surface area contributed by atoms with E-state index in [1.807, 2.05) is 24.3 Å². The van der Waals surface area contributed by atoms with Crippen molar-refractivity contribution in [2.24, 2.45) is 0 Å². The first-order valence-electron chi connectivity index (χ1n) is 6.93.